The van der Waals surface area contributed by atoms with Crippen LogP contribution in [0, 0.1) is 6.92 Å². The quantitative estimate of drug-likeness (QED) is 0.855. The number of nitrogens with two attached hydrogens (primary N) is 1. The fourth-order valence-electron chi connectivity index (χ4n) is 2.08. The number of rotatable bonds is 5. The highest BCUT2D eigenvalue weighted by Crippen LogP contribution is 2.31. The zero-order valence-electron chi connectivity index (χ0n) is 11.5. The summed E-state index contributed by atoms with van der Waals surface area (Å²) in [5.74, 6) is 1.28. The highest BCUT2D eigenvalue weighted by molar-refractivity contribution is 5.41. The van der Waals surface area contributed by atoms with Crippen molar-refractivity contribution in [2.45, 2.75) is 52.6 Å². The predicted octanol–water partition coefficient (Wildman–Crippen LogP) is 2.59. The van der Waals surface area contributed by atoms with E-state index >= 15 is 0 Å². The van der Waals surface area contributed by atoms with Crippen molar-refractivity contribution in [3.8, 4) is 0 Å². The summed E-state index contributed by atoms with van der Waals surface area (Å²) in [6, 6.07) is 0. The van der Waals surface area contributed by atoms with E-state index in [-0.39, 0.29) is 0 Å². The van der Waals surface area contributed by atoms with Crippen LogP contribution in [0.15, 0.2) is 0 Å². The minimum atomic E-state index is -0.411. The molecule has 17 heavy (non-hydrogen) atoms. The summed E-state index contributed by atoms with van der Waals surface area (Å²) in [4.78, 5) is 9.03. The molecule has 0 atom stereocenters. The molecular formula is C13H23N3O. The van der Waals surface area contributed by atoms with E-state index in [0.29, 0.717) is 11.6 Å². The lowest BCUT2D eigenvalue weighted by molar-refractivity contribution is -0.0292. The molecule has 0 saturated carbocycles. The second-order valence-corrected chi connectivity index (χ2v) is 4.26. The third-order valence-corrected chi connectivity index (χ3v) is 3.56. The molecule has 0 aliphatic carbocycles. The van der Waals surface area contributed by atoms with Crippen molar-refractivity contribution in [2.24, 2.45) is 0 Å². The first-order valence-electron chi connectivity index (χ1n) is 6.23. The van der Waals surface area contributed by atoms with Gasteiger partial charge in [-0.1, -0.05) is 20.8 Å². The van der Waals surface area contributed by atoms with E-state index in [9.17, 15) is 0 Å². The van der Waals surface area contributed by atoms with Crippen molar-refractivity contribution < 1.29 is 4.74 Å². The molecule has 1 aromatic heterocycles. The van der Waals surface area contributed by atoms with Crippen LogP contribution in [0.4, 0.5) is 5.82 Å². The summed E-state index contributed by atoms with van der Waals surface area (Å²) in [6.07, 6.45) is 2.54. The average Bonchev–Trinajstić information content (AvgIpc) is 2.36. The van der Waals surface area contributed by atoms with Crippen LogP contribution in [0.5, 0.6) is 0 Å². The molecule has 0 aromatic carbocycles. The number of nitrogen functional groups attached to an aromatic ring is 1. The first-order valence-corrected chi connectivity index (χ1v) is 6.23. The second kappa shape index (κ2) is 5.45. The summed E-state index contributed by atoms with van der Waals surface area (Å²) < 4.78 is 5.64. The maximum atomic E-state index is 5.95. The number of aryl methyl sites for hydroxylation is 1. The molecule has 4 heteroatoms. The predicted molar refractivity (Wildman–Crippen MR) is 69.8 cm³/mol. The molecule has 0 radical (unpaired) electrons. The number of hydrogen-bond acceptors (Lipinski definition) is 4. The van der Waals surface area contributed by atoms with Crippen molar-refractivity contribution in [1.82, 2.24) is 9.97 Å². The number of hydrogen-bond donors (Lipinski definition) is 1. The fraction of sp³-hybridized carbons (Fsp3) is 0.692. The van der Waals surface area contributed by atoms with E-state index in [0.717, 1.165) is 30.5 Å². The lowest BCUT2D eigenvalue weighted by Gasteiger charge is -2.29. The van der Waals surface area contributed by atoms with Gasteiger partial charge in [0.05, 0.1) is 0 Å². The average molecular weight is 237 g/mol. The molecule has 0 saturated heterocycles. The number of ether oxygens (including phenoxy) is 1. The van der Waals surface area contributed by atoms with Crippen molar-refractivity contribution in [2.75, 3.05) is 12.8 Å². The number of methoxy groups -OCH3 is 1. The van der Waals surface area contributed by atoms with Gasteiger partial charge in [-0.2, -0.15) is 0 Å². The smallest absolute Gasteiger partial charge is 0.162 e. The van der Waals surface area contributed by atoms with E-state index in [2.05, 4.69) is 30.7 Å². The Morgan fingerprint density at radius 2 is 1.76 bits per heavy atom. The van der Waals surface area contributed by atoms with E-state index in [4.69, 9.17) is 10.5 Å². The molecular weight excluding hydrogens is 214 g/mol. The van der Waals surface area contributed by atoms with Crippen LogP contribution in [-0.2, 0) is 16.8 Å². The Morgan fingerprint density at radius 3 is 2.18 bits per heavy atom. The van der Waals surface area contributed by atoms with Crippen molar-refractivity contribution >= 4 is 5.82 Å². The van der Waals surface area contributed by atoms with Crippen LogP contribution in [0.3, 0.4) is 0 Å². The van der Waals surface area contributed by atoms with E-state index in [1.54, 1.807) is 7.11 Å². The molecule has 1 heterocycles. The molecule has 0 unspecified atom stereocenters. The third kappa shape index (κ3) is 2.41. The molecule has 0 amide bonds. The maximum absolute atomic E-state index is 5.95. The van der Waals surface area contributed by atoms with E-state index < -0.39 is 5.60 Å². The normalized spacial score (nSPS) is 11.8. The van der Waals surface area contributed by atoms with Gasteiger partial charge in [0, 0.05) is 18.4 Å². The van der Waals surface area contributed by atoms with Gasteiger partial charge in [-0.05, 0) is 26.2 Å². The van der Waals surface area contributed by atoms with Gasteiger partial charge in [-0.25, -0.2) is 9.97 Å². The van der Waals surface area contributed by atoms with E-state index in [1.807, 2.05) is 6.92 Å². The third-order valence-electron chi connectivity index (χ3n) is 3.56. The molecule has 0 fully saturated rings. The van der Waals surface area contributed by atoms with Gasteiger partial charge in [-0.15, -0.1) is 0 Å². The van der Waals surface area contributed by atoms with E-state index in [1.165, 1.54) is 0 Å². The van der Waals surface area contributed by atoms with Gasteiger partial charge in [0.25, 0.3) is 0 Å². The standard InChI is InChI=1S/C13H23N3O/c1-6-10-9(4)11(14)16-12(15-10)13(7-2,8-3)17-5/h6-8H2,1-5H3,(H2,14,15,16). The van der Waals surface area contributed by atoms with Crippen LogP contribution in [0.1, 0.15) is 50.7 Å². The molecule has 0 bridgehead atoms. The Bertz CT molecular complexity index is 378. The largest absolute Gasteiger partial charge is 0.383 e. The van der Waals surface area contributed by atoms with Gasteiger partial charge in [0.1, 0.15) is 11.4 Å². The minimum Gasteiger partial charge on any atom is -0.383 e. The van der Waals surface area contributed by atoms with Crippen LogP contribution < -0.4 is 5.73 Å². The molecule has 2 N–H and O–H groups in total. The topological polar surface area (TPSA) is 61.0 Å². The zero-order valence-corrected chi connectivity index (χ0v) is 11.5. The number of anilines is 1. The summed E-state index contributed by atoms with van der Waals surface area (Å²) >= 11 is 0. The Balaban J connectivity index is 3.35. The summed E-state index contributed by atoms with van der Waals surface area (Å²) in [5.41, 5.74) is 7.53. The number of nitrogens with zero attached hydrogens (tertiary/aromatic N) is 2. The first-order chi connectivity index (χ1) is 8.04. The van der Waals surface area contributed by atoms with Crippen molar-refractivity contribution in [3.05, 3.63) is 17.1 Å². The van der Waals surface area contributed by atoms with Gasteiger partial charge in [-0.3, -0.25) is 0 Å². The summed E-state index contributed by atoms with van der Waals surface area (Å²) in [7, 11) is 1.71. The molecule has 0 spiro atoms. The lowest BCUT2D eigenvalue weighted by Crippen LogP contribution is -2.30. The lowest BCUT2D eigenvalue weighted by atomic mass is 9.95. The molecule has 4 nitrogen and oxygen atoms in total. The molecule has 96 valence electrons. The summed E-state index contributed by atoms with van der Waals surface area (Å²) in [6.45, 7) is 8.20. The van der Waals surface area contributed by atoms with Crippen LogP contribution >= 0.6 is 0 Å². The first kappa shape index (κ1) is 13.9. The van der Waals surface area contributed by atoms with Crippen LogP contribution in [0.2, 0.25) is 0 Å². The van der Waals surface area contributed by atoms with Crippen molar-refractivity contribution in [3.63, 3.8) is 0 Å². The van der Waals surface area contributed by atoms with Crippen LogP contribution in [-0.4, -0.2) is 17.1 Å². The SMILES string of the molecule is CCc1nc(C(CC)(CC)OC)nc(N)c1C. The van der Waals surface area contributed by atoms with Gasteiger partial charge < -0.3 is 10.5 Å². The Kier molecular flexibility index (Phi) is 4.46. The zero-order chi connectivity index (χ0) is 13.1. The maximum Gasteiger partial charge on any atom is 0.162 e. The molecule has 1 aromatic rings. The second-order valence-electron chi connectivity index (χ2n) is 4.26. The van der Waals surface area contributed by atoms with Gasteiger partial charge in [0.2, 0.25) is 0 Å². The Hall–Kier alpha value is -1.16. The van der Waals surface area contributed by atoms with Crippen molar-refractivity contribution in [1.29, 1.82) is 0 Å². The highest BCUT2D eigenvalue weighted by Gasteiger charge is 2.32. The number of aromatic nitrogens is 2. The molecule has 0 aliphatic rings. The highest BCUT2D eigenvalue weighted by atomic mass is 16.5. The minimum absolute atomic E-state index is 0.411. The monoisotopic (exact) mass is 237 g/mol. The van der Waals surface area contributed by atoms with Gasteiger partial charge >= 0.3 is 0 Å². The molecule has 0 aliphatic heterocycles. The Labute approximate surface area is 104 Å². The molecule has 1 rings (SSSR count). The van der Waals surface area contributed by atoms with Crippen LogP contribution in [0.25, 0.3) is 0 Å². The summed E-state index contributed by atoms with van der Waals surface area (Å²) in [5, 5.41) is 0. The van der Waals surface area contributed by atoms with Gasteiger partial charge in [0.15, 0.2) is 5.82 Å². The Morgan fingerprint density at radius 1 is 1.18 bits per heavy atom. The fourth-order valence-corrected chi connectivity index (χ4v) is 2.08.